The second kappa shape index (κ2) is 8.77. The normalized spacial score (nSPS) is 16.7. The van der Waals surface area contributed by atoms with Crippen molar-refractivity contribution in [1.29, 1.82) is 0 Å². The molecule has 0 N–H and O–H groups in total. The second-order valence-corrected chi connectivity index (χ2v) is 6.90. The molecule has 2 unspecified atom stereocenters. The third-order valence-corrected chi connectivity index (χ3v) is 4.42. The second-order valence-electron chi connectivity index (χ2n) is 6.90. The molecule has 0 aliphatic rings. The van der Waals surface area contributed by atoms with Crippen LogP contribution in [0.5, 0.6) is 0 Å². The van der Waals surface area contributed by atoms with Crippen LogP contribution < -0.4 is 0 Å². The van der Waals surface area contributed by atoms with Gasteiger partial charge in [-0.2, -0.15) is 0 Å². The molecule has 0 heterocycles. The average Bonchev–Trinajstić information content (AvgIpc) is 2.33. The van der Waals surface area contributed by atoms with Gasteiger partial charge in [0.2, 0.25) is 0 Å². The van der Waals surface area contributed by atoms with E-state index in [1.165, 1.54) is 38.5 Å². The molecule has 108 valence electrons. The van der Waals surface area contributed by atoms with E-state index in [0.29, 0.717) is 5.41 Å². The Labute approximate surface area is 116 Å². The molecule has 0 spiro atoms. The van der Waals surface area contributed by atoms with Crippen LogP contribution in [-0.4, -0.2) is 0 Å². The molecule has 0 aliphatic heterocycles. The Morgan fingerprint density at radius 2 is 1.72 bits per heavy atom. The number of hydrogen-bond donors (Lipinski definition) is 0. The van der Waals surface area contributed by atoms with Gasteiger partial charge in [0.25, 0.3) is 0 Å². The van der Waals surface area contributed by atoms with E-state index in [9.17, 15) is 0 Å². The quantitative estimate of drug-likeness (QED) is 0.405. The van der Waals surface area contributed by atoms with E-state index >= 15 is 0 Å². The minimum atomic E-state index is 0.508. The van der Waals surface area contributed by atoms with E-state index in [1.54, 1.807) is 5.57 Å². The largest absolute Gasteiger partial charge is 0.0848 e. The summed E-state index contributed by atoms with van der Waals surface area (Å²) in [4.78, 5) is 0. The van der Waals surface area contributed by atoms with Crippen molar-refractivity contribution in [3.8, 4) is 0 Å². The maximum absolute atomic E-state index is 2.55. The molecule has 0 aromatic heterocycles. The van der Waals surface area contributed by atoms with Crippen LogP contribution in [0.15, 0.2) is 11.6 Å². The lowest BCUT2D eigenvalue weighted by atomic mass is 9.80. The fraction of sp³-hybridized carbons (Fsp3) is 0.889. The molecule has 0 nitrogen and oxygen atoms in total. The molecule has 0 amide bonds. The summed E-state index contributed by atoms with van der Waals surface area (Å²) in [5.74, 6) is 1.59. The van der Waals surface area contributed by atoms with E-state index in [0.717, 1.165) is 11.8 Å². The highest BCUT2D eigenvalue weighted by atomic mass is 14.2. The molecule has 0 aromatic rings. The lowest BCUT2D eigenvalue weighted by Gasteiger charge is -2.26. The van der Waals surface area contributed by atoms with Crippen LogP contribution in [0.3, 0.4) is 0 Å². The van der Waals surface area contributed by atoms with Gasteiger partial charge in [-0.15, -0.1) is 0 Å². The first-order valence-electron chi connectivity index (χ1n) is 8.05. The van der Waals surface area contributed by atoms with E-state index < -0.39 is 0 Å². The fourth-order valence-electron chi connectivity index (χ4n) is 2.62. The molecule has 0 rings (SSSR count). The SMILES string of the molecule is CCCC(=CCC(C)CC(C)(C)CC)C(C)CC. The van der Waals surface area contributed by atoms with E-state index in [4.69, 9.17) is 0 Å². The Bertz CT molecular complexity index is 234. The fourth-order valence-corrected chi connectivity index (χ4v) is 2.62. The molecular formula is C18H36. The molecule has 0 radical (unpaired) electrons. The van der Waals surface area contributed by atoms with Crippen molar-refractivity contribution in [2.24, 2.45) is 17.3 Å². The van der Waals surface area contributed by atoms with E-state index in [2.05, 4.69) is 54.5 Å². The van der Waals surface area contributed by atoms with E-state index in [-0.39, 0.29) is 0 Å². The van der Waals surface area contributed by atoms with Gasteiger partial charge in [-0.1, -0.05) is 73.0 Å². The molecular weight excluding hydrogens is 216 g/mol. The summed E-state index contributed by atoms with van der Waals surface area (Å²) in [5, 5.41) is 0. The van der Waals surface area contributed by atoms with Gasteiger partial charge in [0.15, 0.2) is 0 Å². The number of rotatable bonds is 9. The summed E-state index contributed by atoms with van der Waals surface area (Å²) in [7, 11) is 0. The minimum absolute atomic E-state index is 0.508. The van der Waals surface area contributed by atoms with Gasteiger partial charge >= 0.3 is 0 Å². The maximum Gasteiger partial charge on any atom is -0.0234 e. The Morgan fingerprint density at radius 3 is 2.17 bits per heavy atom. The summed E-state index contributed by atoms with van der Waals surface area (Å²) >= 11 is 0. The van der Waals surface area contributed by atoms with Gasteiger partial charge in [-0.3, -0.25) is 0 Å². The highest BCUT2D eigenvalue weighted by molar-refractivity contribution is 5.06. The topological polar surface area (TPSA) is 0 Å². The zero-order valence-electron chi connectivity index (χ0n) is 14.0. The van der Waals surface area contributed by atoms with Crippen molar-refractivity contribution in [3.63, 3.8) is 0 Å². The minimum Gasteiger partial charge on any atom is -0.0848 e. The van der Waals surface area contributed by atoms with Crippen LogP contribution in [0.25, 0.3) is 0 Å². The molecule has 0 saturated carbocycles. The standard InChI is InChI=1S/C18H36/c1-8-11-17(16(5)9-2)13-12-15(4)14-18(6,7)10-3/h13,15-16H,8-12,14H2,1-7H3. The van der Waals surface area contributed by atoms with Crippen molar-refractivity contribution < 1.29 is 0 Å². The van der Waals surface area contributed by atoms with Crippen LogP contribution >= 0.6 is 0 Å². The zero-order chi connectivity index (χ0) is 14.2. The lowest BCUT2D eigenvalue weighted by Crippen LogP contribution is -2.14. The third kappa shape index (κ3) is 7.24. The molecule has 0 fully saturated rings. The van der Waals surface area contributed by atoms with Crippen molar-refractivity contribution in [3.05, 3.63) is 11.6 Å². The molecule has 0 aromatic carbocycles. The van der Waals surface area contributed by atoms with Crippen LogP contribution in [0.4, 0.5) is 0 Å². The Morgan fingerprint density at radius 1 is 1.11 bits per heavy atom. The molecule has 0 aliphatic carbocycles. The predicted octanol–water partition coefficient (Wildman–Crippen LogP) is 6.61. The molecule has 0 saturated heterocycles. The zero-order valence-corrected chi connectivity index (χ0v) is 14.0. The summed E-state index contributed by atoms with van der Waals surface area (Å²) in [6.07, 6.45) is 10.3. The first-order chi connectivity index (χ1) is 8.36. The van der Waals surface area contributed by atoms with Crippen molar-refractivity contribution in [2.45, 2.75) is 87.0 Å². The first-order valence-corrected chi connectivity index (χ1v) is 8.05. The molecule has 0 bridgehead atoms. The highest BCUT2D eigenvalue weighted by Crippen LogP contribution is 2.31. The van der Waals surface area contributed by atoms with Crippen LogP contribution in [0.2, 0.25) is 0 Å². The smallest absolute Gasteiger partial charge is 0.0234 e. The number of hydrogen-bond acceptors (Lipinski definition) is 0. The average molecular weight is 252 g/mol. The lowest BCUT2D eigenvalue weighted by molar-refractivity contribution is 0.267. The van der Waals surface area contributed by atoms with Crippen molar-refractivity contribution in [2.75, 3.05) is 0 Å². The molecule has 2 atom stereocenters. The highest BCUT2D eigenvalue weighted by Gasteiger charge is 2.18. The summed E-state index contributed by atoms with van der Waals surface area (Å²) < 4.78 is 0. The third-order valence-electron chi connectivity index (χ3n) is 4.42. The summed E-state index contributed by atoms with van der Waals surface area (Å²) in [6, 6.07) is 0. The van der Waals surface area contributed by atoms with Crippen molar-refractivity contribution in [1.82, 2.24) is 0 Å². The van der Waals surface area contributed by atoms with Crippen LogP contribution in [-0.2, 0) is 0 Å². The summed E-state index contributed by atoms with van der Waals surface area (Å²) in [5.41, 5.74) is 2.20. The van der Waals surface area contributed by atoms with Gasteiger partial charge in [0.1, 0.15) is 0 Å². The molecule has 18 heavy (non-hydrogen) atoms. The van der Waals surface area contributed by atoms with Gasteiger partial charge in [0.05, 0.1) is 0 Å². The Balaban J connectivity index is 4.38. The van der Waals surface area contributed by atoms with E-state index in [1.807, 2.05) is 0 Å². The van der Waals surface area contributed by atoms with Gasteiger partial charge in [-0.05, 0) is 42.9 Å². The number of allylic oxidation sites excluding steroid dienone is 2. The predicted molar refractivity (Wildman–Crippen MR) is 84.9 cm³/mol. The molecule has 0 heteroatoms. The van der Waals surface area contributed by atoms with Gasteiger partial charge < -0.3 is 0 Å². The Kier molecular flexibility index (Phi) is 8.65. The monoisotopic (exact) mass is 252 g/mol. The Hall–Kier alpha value is -0.260. The summed E-state index contributed by atoms with van der Waals surface area (Å²) in [6.45, 7) is 16.5. The van der Waals surface area contributed by atoms with Gasteiger partial charge in [0, 0.05) is 0 Å². The first kappa shape index (κ1) is 17.7. The van der Waals surface area contributed by atoms with Crippen molar-refractivity contribution >= 4 is 0 Å². The van der Waals surface area contributed by atoms with Crippen LogP contribution in [0.1, 0.15) is 87.0 Å². The van der Waals surface area contributed by atoms with Crippen LogP contribution in [0, 0.1) is 17.3 Å². The maximum atomic E-state index is 2.55. The van der Waals surface area contributed by atoms with Gasteiger partial charge in [-0.25, -0.2) is 0 Å².